The van der Waals surface area contributed by atoms with Crippen LogP contribution in [0.3, 0.4) is 0 Å². The summed E-state index contributed by atoms with van der Waals surface area (Å²) < 4.78 is 0. The molecular formula is C11H18ClN7O. The minimum Gasteiger partial charge on any atom is -0.381 e. The predicted molar refractivity (Wildman–Crippen MR) is 79.9 cm³/mol. The quantitative estimate of drug-likeness (QED) is 0.357. The van der Waals surface area contributed by atoms with Gasteiger partial charge in [-0.1, -0.05) is 24.9 Å². The molecule has 9 heteroatoms. The molecular weight excluding hydrogens is 282 g/mol. The molecule has 0 spiro atoms. The van der Waals surface area contributed by atoms with E-state index in [-0.39, 0.29) is 28.4 Å². The normalized spacial score (nSPS) is 11.2. The van der Waals surface area contributed by atoms with Crippen LogP contribution in [0.15, 0.2) is 4.99 Å². The van der Waals surface area contributed by atoms with Crippen molar-refractivity contribution in [3.05, 3.63) is 10.8 Å². The van der Waals surface area contributed by atoms with E-state index >= 15 is 0 Å². The van der Waals surface area contributed by atoms with E-state index in [1.54, 1.807) is 7.05 Å². The molecule has 0 aliphatic rings. The van der Waals surface area contributed by atoms with Crippen LogP contribution in [0.4, 0.5) is 11.6 Å². The second-order valence-electron chi connectivity index (χ2n) is 3.92. The Morgan fingerprint density at radius 1 is 1.45 bits per heavy atom. The van der Waals surface area contributed by atoms with E-state index < -0.39 is 5.91 Å². The number of aliphatic imine (C=N–C) groups is 1. The van der Waals surface area contributed by atoms with Gasteiger partial charge in [-0.05, 0) is 6.42 Å². The second kappa shape index (κ2) is 7.49. The average Bonchev–Trinajstić information content (AvgIpc) is 2.41. The first-order valence-corrected chi connectivity index (χ1v) is 6.49. The van der Waals surface area contributed by atoms with Crippen molar-refractivity contribution in [1.82, 2.24) is 15.3 Å². The van der Waals surface area contributed by atoms with Crippen LogP contribution in [0.2, 0.25) is 5.15 Å². The molecule has 1 rings (SSSR count). The third kappa shape index (κ3) is 4.23. The topological polar surface area (TPSA) is 131 Å². The number of carbonyl (C=O) groups excluding carboxylic acids is 1. The Labute approximate surface area is 122 Å². The van der Waals surface area contributed by atoms with Crippen LogP contribution in [0.1, 0.15) is 30.3 Å². The monoisotopic (exact) mass is 299 g/mol. The van der Waals surface area contributed by atoms with Gasteiger partial charge in [-0.15, -0.1) is 0 Å². The van der Waals surface area contributed by atoms with Crippen LogP contribution in [-0.2, 0) is 0 Å². The van der Waals surface area contributed by atoms with Gasteiger partial charge in [0.05, 0.1) is 0 Å². The summed E-state index contributed by atoms with van der Waals surface area (Å²) in [6.45, 7) is 2.59. The highest BCUT2D eigenvalue weighted by Crippen LogP contribution is 2.18. The lowest BCUT2D eigenvalue weighted by Gasteiger charge is -2.09. The number of hydrogen-bond acceptors (Lipinski definition) is 6. The van der Waals surface area contributed by atoms with Crippen LogP contribution < -0.4 is 22.1 Å². The SMILES string of the molecule is CCCCN=C(N)NC(=O)c1nc(Cl)c(N)nc1NC. The molecule has 0 atom stereocenters. The third-order valence-electron chi connectivity index (χ3n) is 2.37. The highest BCUT2D eigenvalue weighted by Gasteiger charge is 2.17. The summed E-state index contributed by atoms with van der Waals surface area (Å²) in [7, 11) is 1.59. The van der Waals surface area contributed by atoms with Gasteiger partial charge in [0.2, 0.25) is 0 Å². The third-order valence-corrected chi connectivity index (χ3v) is 2.64. The summed E-state index contributed by atoms with van der Waals surface area (Å²) in [5.74, 6) is -0.273. The zero-order valence-electron chi connectivity index (χ0n) is 11.4. The molecule has 0 aliphatic carbocycles. The lowest BCUT2D eigenvalue weighted by Crippen LogP contribution is -2.38. The van der Waals surface area contributed by atoms with E-state index in [2.05, 4.69) is 25.6 Å². The molecule has 110 valence electrons. The average molecular weight is 300 g/mol. The predicted octanol–water partition coefficient (Wildman–Crippen LogP) is 0.599. The lowest BCUT2D eigenvalue weighted by atomic mass is 10.3. The molecule has 0 saturated carbocycles. The highest BCUT2D eigenvalue weighted by molar-refractivity contribution is 6.31. The number of carbonyl (C=O) groups is 1. The Hall–Kier alpha value is -2.09. The summed E-state index contributed by atoms with van der Waals surface area (Å²) in [5, 5.41) is 5.09. The first-order chi connectivity index (χ1) is 9.49. The van der Waals surface area contributed by atoms with Gasteiger partial charge in [-0.25, -0.2) is 9.97 Å². The number of anilines is 2. The molecule has 1 heterocycles. The Morgan fingerprint density at radius 3 is 2.75 bits per heavy atom. The first-order valence-electron chi connectivity index (χ1n) is 6.11. The number of halogens is 1. The van der Waals surface area contributed by atoms with Crippen LogP contribution >= 0.6 is 11.6 Å². The van der Waals surface area contributed by atoms with E-state index in [0.29, 0.717) is 6.54 Å². The fraction of sp³-hybridized carbons (Fsp3) is 0.455. The van der Waals surface area contributed by atoms with Gasteiger partial charge in [0.15, 0.2) is 28.4 Å². The van der Waals surface area contributed by atoms with Crippen LogP contribution in [-0.4, -0.2) is 35.4 Å². The molecule has 6 N–H and O–H groups in total. The van der Waals surface area contributed by atoms with Gasteiger partial charge >= 0.3 is 0 Å². The van der Waals surface area contributed by atoms with Gasteiger partial charge in [0, 0.05) is 13.6 Å². The van der Waals surface area contributed by atoms with Gasteiger partial charge < -0.3 is 16.8 Å². The number of nitrogens with two attached hydrogens (primary N) is 2. The summed E-state index contributed by atoms with van der Waals surface area (Å²) in [6, 6.07) is 0. The molecule has 20 heavy (non-hydrogen) atoms. The molecule has 0 saturated heterocycles. The number of hydrogen-bond donors (Lipinski definition) is 4. The Bertz CT molecular complexity index is 518. The molecule has 0 aromatic carbocycles. The molecule has 0 unspecified atom stereocenters. The van der Waals surface area contributed by atoms with Crippen molar-refractivity contribution in [3.63, 3.8) is 0 Å². The zero-order chi connectivity index (χ0) is 15.1. The van der Waals surface area contributed by atoms with Crippen molar-refractivity contribution >= 4 is 35.1 Å². The second-order valence-corrected chi connectivity index (χ2v) is 4.28. The van der Waals surface area contributed by atoms with Crippen molar-refractivity contribution in [3.8, 4) is 0 Å². The van der Waals surface area contributed by atoms with Crippen molar-refractivity contribution in [2.24, 2.45) is 10.7 Å². The van der Waals surface area contributed by atoms with Gasteiger partial charge in [0.25, 0.3) is 5.91 Å². The molecule has 0 aliphatic heterocycles. The molecule has 0 radical (unpaired) electrons. The fourth-order valence-electron chi connectivity index (χ4n) is 1.33. The van der Waals surface area contributed by atoms with E-state index in [4.69, 9.17) is 23.1 Å². The standard InChI is InChI=1S/C11H18ClN7O/c1-3-4-5-16-11(14)19-10(20)6-9(15-2)18-8(13)7(12)17-6/h3-5H2,1-2H3,(H3,13,15,18)(H3,14,16,19,20). The van der Waals surface area contributed by atoms with E-state index in [1.165, 1.54) is 0 Å². The summed E-state index contributed by atoms with van der Waals surface area (Å²) in [5.41, 5.74) is 11.1. The van der Waals surface area contributed by atoms with Crippen molar-refractivity contribution in [2.75, 3.05) is 24.6 Å². The van der Waals surface area contributed by atoms with Gasteiger partial charge in [-0.3, -0.25) is 15.1 Å². The molecule has 0 fully saturated rings. The number of nitrogens with one attached hydrogen (secondary N) is 2. The number of guanidine groups is 1. The maximum Gasteiger partial charge on any atom is 0.280 e. The molecule has 1 aromatic heterocycles. The number of aromatic nitrogens is 2. The largest absolute Gasteiger partial charge is 0.381 e. The van der Waals surface area contributed by atoms with Gasteiger partial charge in [0.1, 0.15) is 0 Å². The van der Waals surface area contributed by atoms with Crippen LogP contribution in [0.25, 0.3) is 0 Å². The van der Waals surface area contributed by atoms with Crippen molar-refractivity contribution in [2.45, 2.75) is 19.8 Å². The molecule has 0 bridgehead atoms. The Kier molecular flexibility index (Phi) is 5.98. The summed E-state index contributed by atoms with van der Waals surface area (Å²) >= 11 is 5.76. The summed E-state index contributed by atoms with van der Waals surface area (Å²) in [4.78, 5) is 23.8. The maximum absolute atomic E-state index is 12.0. The highest BCUT2D eigenvalue weighted by atomic mass is 35.5. The van der Waals surface area contributed by atoms with Crippen molar-refractivity contribution < 1.29 is 4.79 Å². The zero-order valence-corrected chi connectivity index (χ0v) is 12.2. The first kappa shape index (κ1) is 16.0. The minimum absolute atomic E-state index is 0.000316. The Morgan fingerprint density at radius 2 is 2.15 bits per heavy atom. The molecule has 1 amide bonds. The lowest BCUT2D eigenvalue weighted by molar-refractivity contribution is 0.0972. The number of nitrogens with zero attached hydrogens (tertiary/aromatic N) is 3. The van der Waals surface area contributed by atoms with E-state index in [0.717, 1.165) is 12.8 Å². The smallest absolute Gasteiger partial charge is 0.280 e. The number of unbranched alkanes of at least 4 members (excludes halogenated alkanes) is 1. The molecule has 8 nitrogen and oxygen atoms in total. The maximum atomic E-state index is 12.0. The van der Waals surface area contributed by atoms with Crippen LogP contribution in [0, 0.1) is 0 Å². The van der Waals surface area contributed by atoms with E-state index in [1.807, 2.05) is 6.92 Å². The van der Waals surface area contributed by atoms with E-state index in [9.17, 15) is 4.79 Å². The summed E-state index contributed by atoms with van der Waals surface area (Å²) in [6.07, 6.45) is 1.89. The minimum atomic E-state index is -0.554. The Balaban J connectivity index is 2.87. The number of amides is 1. The van der Waals surface area contributed by atoms with Crippen molar-refractivity contribution in [1.29, 1.82) is 0 Å². The van der Waals surface area contributed by atoms with Gasteiger partial charge in [-0.2, -0.15) is 0 Å². The molecule has 1 aromatic rings. The number of rotatable bonds is 5. The van der Waals surface area contributed by atoms with Crippen LogP contribution in [0.5, 0.6) is 0 Å². The fourth-order valence-corrected chi connectivity index (χ4v) is 1.46. The number of nitrogen functional groups attached to an aromatic ring is 1.